The molecule has 0 atom stereocenters. The molecule has 0 aromatic heterocycles. The maximum absolute atomic E-state index is 12.3. The monoisotopic (exact) mass is 340 g/mol. The van der Waals surface area contributed by atoms with E-state index in [4.69, 9.17) is 9.47 Å². The van der Waals surface area contributed by atoms with E-state index < -0.39 is 5.91 Å². The van der Waals surface area contributed by atoms with Crippen LogP contribution < -0.4 is 14.8 Å². The van der Waals surface area contributed by atoms with E-state index in [0.29, 0.717) is 22.9 Å². The van der Waals surface area contributed by atoms with Crippen LogP contribution in [0.15, 0.2) is 64.9 Å². The Morgan fingerprint density at radius 1 is 1.08 bits per heavy atom. The molecule has 0 saturated heterocycles. The van der Waals surface area contributed by atoms with Crippen molar-refractivity contribution in [3.63, 3.8) is 0 Å². The molecule has 0 saturated carbocycles. The van der Waals surface area contributed by atoms with Crippen LogP contribution >= 0.6 is 0 Å². The SMILES string of the molecule is COc1ccc(N=C/C(C(=O)Nc2ccccc2)=C(\C)O)cc1OC. The van der Waals surface area contributed by atoms with E-state index in [-0.39, 0.29) is 11.3 Å². The Hall–Kier alpha value is -3.28. The maximum Gasteiger partial charge on any atom is 0.260 e. The van der Waals surface area contributed by atoms with E-state index in [0.717, 1.165) is 0 Å². The van der Waals surface area contributed by atoms with Crippen LogP contribution in [0.4, 0.5) is 11.4 Å². The van der Waals surface area contributed by atoms with Gasteiger partial charge < -0.3 is 19.9 Å². The first-order valence-corrected chi connectivity index (χ1v) is 7.57. The average Bonchev–Trinajstić information content (AvgIpc) is 2.62. The lowest BCUT2D eigenvalue weighted by atomic mass is 10.2. The third kappa shape index (κ3) is 4.84. The molecule has 2 N–H and O–H groups in total. The Kier molecular flexibility index (Phi) is 6.17. The van der Waals surface area contributed by atoms with Gasteiger partial charge in [0, 0.05) is 18.0 Å². The normalized spacial score (nSPS) is 11.8. The van der Waals surface area contributed by atoms with Crippen LogP contribution in [0.1, 0.15) is 6.92 Å². The van der Waals surface area contributed by atoms with Crippen LogP contribution in [0.5, 0.6) is 11.5 Å². The minimum Gasteiger partial charge on any atom is -0.512 e. The molecular weight excluding hydrogens is 320 g/mol. The molecule has 0 aliphatic heterocycles. The number of aliphatic hydroxyl groups is 1. The van der Waals surface area contributed by atoms with Gasteiger partial charge in [-0.2, -0.15) is 0 Å². The Labute approximate surface area is 146 Å². The Morgan fingerprint density at radius 2 is 1.76 bits per heavy atom. The van der Waals surface area contributed by atoms with Crippen molar-refractivity contribution in [1.29, 1.82) is 0 Å². The minimum atomic E-state index is -0.449. The number of hydrogen-bond donors (Lipinski definition) is 2. The van der Waals surface area contributed by atoms with Gasteiger partial charge in [-0.3, -0.25) is 9.79 Å². The second kappa shape index (κ2) is 8.54. The fourth-order valence-corrected chi connectivity index (χ4v) is 2.08. The summed E-state index contributed by atoms with van der Waals surface area (Å²) in [6.45, 7) is 1.43. The highest BCUT2D eigenvalue weighted by atomic mass is 16.5. The molecule has 6 heteroatoms. The van der Waals surface area contributed by atoms with Crippen LogP contribution in [0.25, 0.3) is 0 Å². The zero-order valence-electron chi connectivity index (χ0n) is 14.3. The number of carbonyl (C=O) groups excluding carboxylic acids is 1. The summed E-state index contributed by atoms with van der Waals surface area (Å²) in [5.41, 5.74) is 1.26. The van der Waals surface area contributed by atoms with Crippen molar-refractivity contribution in [3.8, 4) is 11.5 Å². The number of hydrogen-bond acceptors (Lipinski definition) is 5. The number of nitrogens with zero attached hydrogens (tertiary/aromatic N) is 1. The molecule has 6 nitrogen and oxygen atoms in total. The van der Waals surface area contributed by atoms with Crippen molar-refractivity contribution in [2.45, 2.75) is 6.92 Å². The molecule has 0 bridgehead atoms. The smallest absolute Gasteiger partial charge is 0.260 e. The lowest BCUT2D eigenvalue weighted by Crippen LogP contribution is -2.16. The number of nitrogens with one attached hydrogen (secondary N) is 1. The van der Waals surface area contributed by atoms with Crippen molar-refractivity contribution in [2.75, 3.05) is 19.5 Å². The number of ether oxygens (including phenoxy) is 2. The lowest BCUT2D eigenvalue weighted by Gasteiger charge is -2.08. The summed E-state index contributed by atoms with van der Waals surface area (Å²) >= 11 is 0. The van der Waals surface area contributed by atoms with Crippen molar-refractivity contribution < 1.29 is 19.4 Å². The zero-order valence-corrected chi connectivity index (χ0v) is 14.3. The molecular formula is C19H20N2O4. The van der Waals surface area contributed by atoms with Crippen LogP contribution in [-0.2, 0) is 4.79 Å². The molecule has 0 spiro atoms. The van der Waals surface area contributed by atoms with Crippen molar-refractivity contribution >= 4 is 23.5 Å². The predicted molar refractivity (Wildman–Crippen MR) is 98.1 cm³/mol. The number of methoxy groups -OCH3 is 2. The molecule has 0 aliphatic carbocycles. The third-order valence-corrected chi connectivity index (χ3v) is 3.38. The molecule has 25 heavy (non-hydrogen) atoms. The number of rotatable bonds is 6. The predicted octanol–water partition coefficient (Wildman–Crippen LogP) is 3.88. The molecule has 0 heterocycles. The number of carbonyl (C=O) groups is 1. The van der Waals surface area contributed by atoms with Gasteiger partial charge in [0.15, 0.2) is 11.5 Å². The zero-order chi connectivity index (χ0) is 18.2. The number of allylic oxidation sites excluding steroid dienone is 1. The topological polar surface area (TPSA) is 80.2 Å². The second-order valence-corrected chi connectivity index (χ2v) is 5.12. The number of amides is 1. The fraction of sp³-hybridized carbons (Fsp3) is 0.158. The van der Waals surface area contributed by atoms with E-state index >= 15 is 0 Å². The first-order chi connectivity index (χ1) is 12.0. The summed E-state index contributed by atoms with van der Waals surface area (Å²) in [5, 5.41) is 12.5. The van der Waals surface area contributed by atoms with Gasteiger partial charge in [-0.15, -0.1) is 0 Å². The van der Waals surface area contributed by atoms with Crippen LogP contribution in [0.3, 0.4) is 0 Å². The first kappa shape index (κ1) is 18.1. The van der Waals surface area contributed by atoms with E-state index in [1.165, 1.54) is 20.2 Å². The number of benzene rings is 2. The molecule has 0 radical (unpaired) electrons. The quantitative estimate of drug-likeness (QED) is 0.475. The Bertz CT molecular complexity index is 794. The molecule has 2 rings (SSSR count). The summed E-state index contributed by atoms with van der Waals surface area (Å²) in [4.78, 5) is 16.6. The Balaban J connectivity index is 2.20. The van der Waals surface area contributed by atoms with E-state index in [1.54, 1.807) is 37.4 Å². The first-order valence-electron chi connectivity index (χ1n) is 7.57. The second-order valence-electron chi connectivity index (χ2n) is 5.12. The summed E-state index contributed by atoms with van der Waals surface area (Å²) in [5.74, 6) is 0.530. The Morgan fingerprint density at radius 3 is 2.36 bits per heavy atom. The summed E-state index contributed by atoms with van der Waals surface area (Å²) in [7, 11) is 3.08. The highest BCUT2D eigenvalue weighted by molar-refractivity contribution is 6.18. The van der Waals surface area contributed by atoms with Gasteiger partial charge in [-0.1, -0.05) is 18.2 Å². The van der Waals surface area contributed by atoms with E-state index in [1.807, 2.05) is 18.2 Å². The summed E-state index contributed by atoms with van der Waals surface area (Å²) < 4.78 is 10.4. The van der Waals surface area contributed by atoms with Crippen LogP contribution in [0, 0.1) is 0 Å². The minimum absolute atomic E-state index is 0.0682. The van der Waals surface area contributed by atoms with Gasteiger partial charge in [-0.05, 0) is 31.2 Å². The highest BCUT2D eigenvalue weighted by Gasteiger charge is 2.11. The lowest BCUT2D eigenvalue weighted by molar-refractivity contribution is -0.112. The van der Waals surface area contributed by atoms with Gasteiger partial charge in [0.25, 0.3) is 5.91 Å². The van der Waals surface area contributed by atoms with Crippen LogP contribution in [0.2, 0.25) is 0 Å². The molecule has 1 amide bonds. The maximum atomic E-state index is 12.3. The van der Waals surface area contributed by atoms with Crippen molar-refractivity contribution in [2.24, 2.45) is 4.99 Å². The molecule has 0 aliphatic rings. The van der Waals surface area contributed by atoms with E-state index in [2.05, 4.69) is 10.3 Å². The number of anilines is 1. The van der Waals surface area contributed by atoms with Gasteiger partial charge in [0.2, 0.25) is 0 Å². The summed E-state index contributed by atoms with van der Waals surface area (Å²) in [6.07, 6.45) is 1.31. The van der Waals surface area contributed by atoms with Gasteiger partial charge in [-0.25, -0.2) is 0 Å². The standard InChI is InChI=1S/C19H20N2O4/c1-13(22)16(19(23)21-14-7-5-4-6-8-14)12-20-15-9-10-17(24-2)18(11-15)25-3/h4-12,22H,1-3H3,(H,21,23)/b16-13-,20-12?. The van der Waals surface area contributed by atoms with Crippen molar-refractivity contribution in [1.82, 2.24) is 0 Å². The number of para-hydroxylation sites is 1. The van der Waals surface area contributed by atoms with E-state index in [9.17, 15) is 9.90 Å². The summed E-state index contributed by atoms with van der Waals surface area (Å²) in [6, 6.07) is 14.1. The molecule has 2 aromatic rings. The van der Waals surface area contributed by atoms with Gasteiger partial charge >= 0.3 is 0 Å². The van der Waals surface area contributed by atoms with Crippen molar-refractivity contribution in [3.05, 3.63) is 59.9 Å². The highest BCUT2D eigenvalue weighted by Crippen LogP contribution is 2.31. The molecule has 2 aromatic carbocycles. The number of aliphatic imine (C=N–C) groups is 1. The van der Waals surface area contributed by atoms with Gasteiger partial charge in [0.05, 0.1) is 25.5 Å². The molecule has 0 fully saturated rings. The van der Waals surface area contributed by atoms with Gasteiger partial charge in [0.1, 0.15) is 5.76 Å². The molecule has 130 valence electrons. The molecule has 0 unspecified atom stereocenters. The third-order valence-electron chi connectivity index (χ3n) is 3.38. The largest absolute Gasteiger partial charge is 0.512 e. The average molecular weight is 340 g/mol. The van der Waals surface area contributed by atoms with Crippen LogP contribution in [-0.4, -0.2) is 31.4 Å². The fourth-order valence-electron chi connectivity index (χ4n) is 2.08. The number of aliphatic hydroxyl groups excluding tert-OH is 1.